The van der Waals surface area contributed by atoms with Crippen molar-refractivity contribution in [2.75, 3.05) is 0 Å². The molecule has 0 radical (unpaired) electrons. The Balaban J connectivity index is 2.66. The van der Waals surface area contributed by atoms with E-state index in [0.717, 1.165) is 11.6 Å². The van der Waals surface area contributed by atoms with E-state index in [1.165, 1.54) is 0 Å². The van der Waals surface area contributed by atoms with E-state index in [1.54, 1.807) is 6.08 Å². The van der Waals surface area contributed by atoms with E-state index in [4.69, 9.17) is 5.11 Å². The number of allylic oxidation sites excluding steroid dienone is 1. The topological polar surface area (TPSA) is 20.2 Å². The zero-order chi connectivity index (χ0) is 10.3. The molecule has 0 saturated heterocycles. The minimum absolute atomic E-state index is 0.0206. The Morgan fingerprint density at radius 3 is 2.79 bits per heavy atom. The lowest BCUT2D eigenvalue weighted by Gasteiger charge is -2.06. The van der Waals surface area contributed by atoms with Gasteiger partial charge in [0.2, 0.25) is 0 Å². The maximum atomic E-state index is 13.6. The Morgan fingerprint density at radius 1 is 1.43 bits per heavy atom. The van der Waals surface area contributed by atoms with Crippen molar-refractivity contribution < 1.29 is 13.9 Å². The van der Waals surface area contributed by atoms with Gasteiger partial charge in [-0.2, -0.15) is 0 Å². The maximum Gasteiger partial charge on any atom is 0.136 e. The van der Waals surface area contributed by atoms with Crippen LogP contribution in [0.5, 0.6) is 0 Å². The van der Waals surface area contributed by atoms with Gasteiger partial charge in [-0.05, 0) is 19.4 Å². The fourth-order valence-corrected chi connectivity index (χ4v) is 1.76. The molecule has 2 rings (SSSR count). The summed E-state index contributed by atoms with van der Waals surface area (Å²) in [5, 5.41) is 8.81. The zero-order valence-electron chi connectivity index (χ0n) is 7.77. The Bertz CT molecular complexity index is 422. The molecule has 1 aliphatic carbocycles. The lowest BCUT2D eigenvalue weighted by molar-refractivity contribution is 0.275. The van der Waals surface area contributed by atoms with Crippen LogP contribution in [-0.4, -0.2) is 5.11 Å². The third-order valence-electron chi connectivity index (χ3n) is 2.45. The maximum absolute atomic E-state index is 13.6. The van der Waals surface area contributed by atoms with Gasteiger partial charge in [0.05, 0.1) is 6.61 Å². The SMILES string of the molecule is CC1=Cc2c(F)c(CO)cc(F)c2C1. The molecule has 0 saturated carbocycles. The molecular weight excluding hydrogens is 186 g/mol. The average Bonchev–Trinajstić information content (AvgIpc) is 2.54. The molecule has 74 valence electrons. The molecule has 1 aromatic rings. The van der Waals surface area contributed by atoms with Gasteiger partial charge in [-0.25, -0.2) is 8.78 Å². The van der Waals surface area contributed by atoms with Crippen molar-refractivity contribution in [1.82, 2.24) is 0 Å². The minimum atomic E-state index is -0.499. The highest BCUT2D eigenvalue weighted by Crippen LogP contribution is 2.31. The van der Waals surface area contributed by atoms with Crippen molar-refractivity contribution in [3.63, 3.8) is 0 Å². The highest BCUT2D eigenvalue weighted by atomic mass is 19.1. The zero-order valence-corrected chi connectivity index (χ0v) is 7.77. The van der Waals surface area contributed by atoms with E-state index in [-0.39, 0.29) is 5.56 Å². The number of fused-ring (bicyclic) bond motifs is 1. The first kappa shape index (κ1) is 9.34. The number of aliphatic hydroxyl groups is 1. The Labute approximate surface area is 80.7 Å². The molecule has 1 nitrogen and oxygen atoms in total. The summed E-state index contributed by atoms with van der Waals surface area (Å²) >= 11 is 0. The van der Waals surface area contributed by atoms with Crippen LogP contribution in [0.3, 0.4) is 0 Å². The van der Waals surface area contributed by atoms with Gasteiger partial charge in [0.1, 0.15) is 11.6 Å². The Kier molecular flexibility index (Phi) is 2.11. The van der Waals surface area contributed by atoms with Crippen LogP contribution in [0.25, 0.3) is 6.08 Å². The molecule has 0 atom stereocenters. The molecule has 14 heavy (non-hydrogen) atoms. The number of rotatable bonds is 1. The molecule has 0 heterocycles. The van der Waals surface area contributed by atoms with Gasteiger partial charge in [-0.15, -0.1) is 0 Å². The van der Waals surface area contributed by atoms with Crippen molar-refractivity contribution >= 4 is 6.08 Å². The van der Waals surface area contributed by atoms with Gasteiger partial charge in [0, 0.05) is 16.7 Å². The smallest absolute Gasteiger partial charge is 0.136 e. The highest BCUT2D eigenvalue weighted by Gasteiger charge is 2.20. The van der Waals surface area contributed by atoms with Crippen molar-refractivity contribution in [2.45, 2.75) is 20.0 Å². The highest BCUT2D eigenvalue weighted by molar-refractivity contribution is 5.65. The molecule has 0 spiro atoms. The van der Waals surface area contributed by atoms with Crippen molar-refractivity contribution in [2.24, 2.45) is 0 Å². The fraction of sp³-hybridized carbons (Fsp3) is 0.273. The summed E-state index contributed by atoms with van der Waals surface area (Å²) in [6, 6.07) is 1.07. The summed E-state index contributed by atoms with van der Waals surface area (Å²) < 4.78 is 26.9. The van der Waals surface area contributed by atoms with E-state index < -0.39 is 18.2 Å². The molecule has 1 aliphatic rings. The first-order valence-corrected chi connectivity index (χ1v) is 4.41. The van der Waals surface area contributed by atoms with Gasteiger partial charge in [0.25, 0.3) is 0 Å². The molecule has 0 aromatic heterocycles. The lowest BCUT2D eigenvalue weighted by atomic mass is 10.0. The fourth-order valence-electron chi connectivity index (χ4n) is 1.76. The van der Waals surface area contributed by atoms with Crippen molar-refractivity contribution in [3.8, 4) is 0 Å². The molecule has 0 bridgehead atoms. The number of hydrogen-bond donors (Lipinski definition) is 1. The van der Waals surface area contributed by atoms with Gasteiger partial charge in [0.15, 0.2) is 0 Å². The van der Waals surface area contributed by atoms with Crippen LogP contribution in [-0.2, 0) is 13.0 Å². The molecule has 3 heteroatoms. The third-order valence-corrected chi connectivity index (χ3v) is 2.45. The summed E-state index contributed by atoms with van der Waals surface area (Å²) in [4.78, 5) is 0. The number of benzene rings is 1. The van der Waals surface area contributed by atoms with Crippen LogP contribution < -0.4 is 0 Å². The third kappa shape index (κ3) is 1.24. The minimum Gasteiger partial charge on any atom is -0.392 e. The first-order chi connectivity index (χ1) is 6.63. The summed E-state index contributed by atoms with van der Waals surface area (Å²) in [5.74, 6) is -0.931. The molecule has 0 aliphatic heterocycles. The van der Waals surface area contributed by atoms with Gasteiger partial charge in [-0.1, -0.05) is 11.6 Å². The van der Waals surface area contributed by atoms with Gasteiger partial charge >= 0.3 is 0 Å². The van der Waals surface area contributed by atoms with E-state index in [0.29, 0.717) is 17.5 Å². The van der Waals surface area contributed by atoms with Crippen LogP contribution in [0.4, 0.5) is 8.78 Å². The second-order valence-corrected chi connectivity index (χ2v) is 3.55. The monoisotopic (exact) mass is 196 g/mol. The Morgan fingerprint density at radius 2 is 2.14 bits per heavy atom. The second-order valence-electron chi connectivity index (χ2n) is 3.55. The average molecular weight is 196 g/mol. The molecular formula is C11H10F2O. The normalized spacial score (nSPS) is 14.1. The molecule has 0 fully saturated rings. The van der Waals surface area contributed by atoms with Crippen LogP contribution in [0.1, 0.15) is 23.6 Å². The summed E-state index contributed by atoms with van der Waals surface area (Å²) in [6.07, 6.45) is 2.09. The van der Waals surface area contributed by atoms with Crippen LogP contribution in [0.2, 0.25) is 0 Å². The van der Waals surface area contributed by atoms with E-state index >= 15 is 0 Å². The molecule has 1 aromatic carbocycles. The quantitative estimate of drug-likeness (QED) is 0.731. The predicted molar refractivity (Wildman–Crippen MR) is 49.6 cm³/mol. The summed E-state index contributed by atoms with van der Waals surface area (Å²) in [7, 11) is 0. The van der Waals surface area contributed by atoms with E-state index in [9.17, 15) is 8.78 Å². The lowest BCUT2D eigenvalue weighted by Crippen LogP contribution is -1.99. The number of aliphatic hydroxyl groups excluding tert-OH is 1. The van der Waals surface area contributed by atoms with Crippen molar-refractivity contribution in [3.05, 3.63) is 40.0 Å². The standard InChI is InChI=1S/C11H10F2O/c1-6-2-8-9(3-6)11(13)7(5-14)4-10(8)12/h3-4,14H,2,5H2,1H3. The molecule has 0 amide bonds. The molecule has 1 N–H and O–H groups in total. The van der Waals surface area contributed by atoms with Crippen molar-refractivity contribution in [1.29, 1.82) is 0 Å². The summed E-state index contributed by atoms with van der Waals surface area (Å²) in [5.41, 5.74) is 1.66. The molecule has 0 unspecified atom stereocenters. The number of hydrogen-bond acceptors (Lipinski definition) is 1. The van der Waals surface area contributed by atoms with E-state index in [2.05, 4.69) is 0 Å². The largest absolute Gasteiger partial charge is 0.392 e. The predicted octanol–water partition coefficient (Wildman–Crippen LogP) is 2.42. The van der Waals surface area contributed by atoms with E-state index in [1.807, 2.05) is 6.92 Å². The second kappa shape index (κ2) is 3.17. The van der Waals surface area contributed by atoms with Crippen LogP contribution in [0.15, 0.2) is 11.6 Å². The summed E-state index contributed by atoms with van der Waals surface area (Å²) in [6.45, 7) is 1.36. The van der Waals surface area contributed by atoms with Crippen LogP contribution in [0, 0.1) is 11.6 Å². The first-order valence-electron chi connectivity index (χ1n) is 4.41. The van der Waals surface area contributed by atoms with Gasteiger partial charge in [-0.3, -0.25) is 0 Å². The van der Waals surface area contributed by atoms with Gasteiger partial charge < -0.3 is 5.11 Å². The van der Waals surface area contributed by atoms with Crippen LogP contribution >= 0.6 is 0 Å². The number of halogens is 2. The Hall–Kier alpha value is -1.22.